The first kappa shape index (κ1) is 13.9. The Kier molecular flexibility index (Phi) is 4.10. The first-order valence-electron chi connectivity index (χ1n) is 6.19. The molecule has 0 fully saturated rings. The Morgan fingerprint density at radius 3 is 2.79 bits per heavy atom. The smallest absolute Gasteiger partial charge is 0.336 e. The lowest BCUT2D eigenvalue weighted by molar-refractivity contribution is -0.137. The Morgan fingerprint density at radius 2 is 2.21 bits per heavy atom. The maximum atomic E-state index is 12.4. The van der Waals surface area contributed by atoms with Gasteiger partial charge in [0.25, 0.3) is 0 Å². The maximum absolute atomic E-state index is 12.4. The normalized spacial score (nSPS) is 25.9. The number of ether oxygens (including phenoxy) is 1. The van der Waals surface area contributed by atoms with Crippen LogP contribution in [0.1, 0.15) is 13.3 Å². The highest BCUT2D eigenvalue weighted by Gasteiger charge is 2.34. The average molecular weight is 282 g/mol. The van der Waals surface area contributed by atoms with Crippen LogP contribution < -0.4 is 5.32 Å². The van der Waals surface area contributed by atoms with E-state index in [0.717, 1.165) is 0 Å². The fourth-order valence-corrected chi connectivity index (χ4v) is 2.47. The van der Waals surface area contributed by atoms with Gasteiger partial charge in [-0.25, -0.2) is 4.79 Å². The SMILES string of the molecule is COC(=O)C1=C(C(=O)C2C=CC(Cl)=CC2)NCC1C. The number of rotatable bonds is 3. The third kappa shape index (κ3) is 2.73. The standard InChI is InChI=1S/C14H16ClNO3/c1-8-7-16-12(11(8)14(18)19-2)13(17)9-3-5-10(15)6-4-9/h3,5-6,8-9,16H,4,7H2,1-2H3. The van der Waals surface area contributed by atoms with Crippen LogP contribution >= 0.6 is 11.6 Å². The summed E-state index contributed by atoms with van der Waals surface area (Å²) < 4.78 is 4.75. The zero-order chi connectivity index (χ0) is 14.0. The van der Waals surface area contributed by atoms with E-state index in [4.69, 9.17) is 16.3 Å². The van der Waals surface area contributed by atoms with Gasteiger partial charge in [-0.15, -0.1) is 0 Å². The number of nitrogens with one attached hydrogen (secondary N) is 1. The summed E-state index contributed by atoms with van der Waals surface area (Å²) in [6.07, 6.45) is 5.85. The Hall–Kier alpha value is -1.55. The summed E-state index contributed by atoms with van der Waals surface area (Å²) in [4.78, 5) is 24.2. The van der Waals surface area contributed by atoms with E-state index in [9.17, 15) is 9.59 Å². The van der Waals surface area contributed by atoms with E-state index in [-0.39, 0.29) is 17.6 Å². The lowest BCUT2D eigenvalue weighted by Gasteiger charge is -2.15. The average Bonchev–Trinajstić information content (AvgIpc) is 2.80. The molecule has 0 aromatic rings. The van der Waals surface area contributed by atoms with Crippen molar-refractivity contribution in [1.82, 2.24) is 5.32 Å². The lowest BCUT2D eigenvalue weighted by Crippen LogP contribution is -2.24. The number of allylic oxidation sites excluding steroid dienone is 5. The molecule has 19 heavy (non-hydrogen) atoms. The van der Waals surface area contributed by atoms with Crippen molar-refractivity contribution in [2.75, 3.05) is 13.7 Å². The molecular weight excluding hydrogens is 266 g/mol. The van der Waals surface area contributed by atoms with Crippen LogP contribution in [-0.4, -0.2) is 25.4 Å². The summed E-state index contributed by atoms with van der Waals surface area (Å²) >= 11 is 5.83. The van der Waals surface area contributed by atoms with Gasteiger partial charge in [-0.1, -0.05) is 30.7 Å². The predicted octanol–water partition coefficient (Wildman–Crippen LogP) is 1.92. The summed E-state index contributed by atoms with van der Waals surface area (Å²) in [5.74, 6) is -0.802. The molecule has 0 saturated heterocycles. The molecule has 4 nitrogen and oxygen atoms in total. The van der Waals surface area contributed by atoms with E-state index in [1.807, 2.05) is 6.92 Å². The van der Waals surface area contributed by atoms with E-state index in [1.165, 1.54) is 7.11 Å². The van der Waals surface area contributed by atoms with Crippen LogP contribution in [-0.2, 0) is 14.3 Å². The number of carbonyl (C=O) groups excluding carboxylic acids is 2. The minimum Gasteiger partial charge on any atom is -0.466 e. The molecule has 1 aliphatic carbocycles. The number of halogens is 1. The molecule has 1 heterocycles. The van der Waals surface area contributed by atoms with E-state index in [1.54, 1.807) is 18.2 Å². The number of hydrogen-bond acceptors (Lipinski definition) is 4. The van der Waals surface area contributed by atoms with Crippen LogP contribution in [0.25, 0.3) is 0 Å². The van der Waals surface area contributed by atoms with Gasteiger partial charge in [0.15, 0.2) is 5.78 Å². The molecule has 0 bridgehead atoms. The van der Waals surface area contributed by atoms with E-state index >= 15 is 0 Å². The molecule has 2 atom stereocenters. The fourth-order valence-electron chi connectivity index (χ4n) is 2.31. The molecule has 2 rings (SSSR count). The van der Waals surface area contributed by atoms with Crippen LogP contribution in [0.3, 0.4) is 0 Å². The van der Waals surface area contributed by atoms with Gasteiger partial charge in [-0.05, 0) is 12.5 Å². The Balaban J connectivity index is 2.25. The Bertz CT molecular complexity index is 505. The highest BCUT2D eigenvalue weighted by molar-refractivity contribution is 6.31. The zero-order valence-corrected chi connectivity index (χ0v) is 11.7. The van der Waals surface area contributed by atoms with Crippen molar-refractivity contribution in [1.29, 1.82) is 0 Å². The second-order valence-corrected chi connectivity index (χ2v) is 5.15. The summed E-state index contributed by atoms with van der Waals surface area (Å²) in [5, 5.41) is 3.66. The summed E-state index contributed by atoms with van der Waals surface area (Å²) in [6, 6.07) is 0. The maximum Gasteiger partial charge on any atom is 0.336 e. The van der Waals surface area contributed by atoms with Crippen molar-refractivity contribution in [3.05, 3.63) is 34.5 Å². The van der Waals surface area contributed by atoms with Gasteiger partial charge in [0.05, 0.1) is 18.4 Å². The van der Waals surface area contributed by atoms with Gasteiger partial charge in [0.1, 0.15) is 0 Å². The van der Waals surface area contributed by atoms with Crippen molar-refractivity contribution in [2.24, 2.45) is 11.8 Å². The minimum absolute atomic E-state index is 0.0156. The second kappa shape index (κ2) is 5.61. The highest BCUT2D eigenvalue weighted by atomic mass is 35.5. The lowest BCUT2D eigenvalue weighted by atomic mass is 9.91. The molecule has 2 aliphatic rings. The molecule has 102 valence electrons. The Morgan fingerprint density at radius 1 is 1.47 bits per heavy atom. The van der Waals surface area contributed by atoms with E-state index < -0.39 is 5.97 Å². The van der Waals surface area contributed by atoms with Crippen molar-refractivity contribution >= 4 is 23.4 Å². The van der Waals surface area contributed by atoms with Crippen molar-refractivity contribution in [3.63, 3.8) is 0 Å². The molecule has 1 N–H and O–H groups in total. The topological polar surface area (TPSA) is 55.4 Å². The zero-order valence-electron chi connectivity index (χ0n) is 10.9. The highest BCUT2D eigenvalue weighted by Crippen LogP contribution is 2.27. The second-order valence-electron chi connectivity index (χ2n) is 4.72. The Labute approximate surface area is 117 Å². The van der Waals surface area contributed by atoms with Crippen LogP contribution in [0.5, 0.6) is 0 Å². The molecule has 2 unspecified atom stereocenters. The largest absolute Gasteiger partial charge is 0.466 e. The third-order valence-corrected chi connectivity index (χ3v) is 3.67. The number of Topliss-reactive ketones (excluding diaryl/α,β-unsaturated/α-hetero) is 1. The van der Waals surface area contributed by atoms with Crippen molar-refractivity contribution < 1.29 is 14.3 Å². The fraction of sp³-hybridized carbons (Fsp3) is 0.429. The number of hydrogen-bond donors (Lipinski definition) is 1. The van der Waals surface area contributed by atoms with Gasteiger partial charge in [-0.2, -0.15) is 0 Å². The van der Waals surface area contributed by atoms with Gasteiger partial charge in [0.2, 0.25) is 0 Å². The molecule has 5 heteroatoms. The van der Waals surface area contributed by atoms with Crippen LogP contribution in [0.15, 0.2) is 34.5 Å². The summed E-state index contributed by atoms with van der Waals surface area (Å²) in [6.45, 7) is 2.48. The van der Waals surface area contributed by atoms with Gasteiger partial charge >= 0.3 is 5.97 Å². The molecular formula is C14H16ClNO3. The molecule has 0 saturated carbocycles. The molecule has 1 aliphatic heterocycles. The molecule has 0 spiro atoms. The number of esters is 1. The molecule has 0 aromatic carbocycles. The van der Waals surface area contributed by atoms with Crippen LogP contribution in [0.2, 0.25) is 0 Å². The van der Waals surface area contributed by atoms with Gasteiger partial charge < -0.3 is 10.1 Å². The van der Waals surface area contributed by atoms with Gasteiger partial charge in [-0.3, -0.25) is 4.79 Å². The van der Waals surface area contributed by atoms with E-state index in [2.05, 4.69) is 5.32 Å². The predicted molar refractivity (Wildman–Crippen MR) is 72.4 cm³/mol. The summed E-state index contributed by atoms with van der Waals surface area (Å²) in [5.41, 5.74) is 0.835. The van der Waals surface area contributed by atoms with Crippen LogP contribution in [0, 0.1) is 11.8 Å². The molecule has 0 amide bonds. The summed E-state index contributed by atoms with van der Waals surface area (Å²) in [7, 11) is 1.32. The number of methoxy groups -OCH3 is 1. The number of ketones is 1. The monoisotopic (exact) mass is 281 g/mol. The number of carbonyl (C=O) groups is 2. The van der Waals surface area contributed by atoms with Crippen molar-refractivity contribution in [2.45, 2.75) is 13.3 Å². The van der Waals surface area contributed by atoms with Gasteiger partial charge in [0, 0.05) is 23.4 Å². The minimum atomic E-state index is -0.436. The first-order valence-corrected chi connectivity index (χ1v) is 6.56. The molecule has 0 radical (unpaired) electrons. The first-order chi connectivity index (χ1) is 9.04. The van der Waals surface area contributed by atoms with E-state index in [0.29, 0.717) is 29.3 Å². The molecule has 0 aromatic heterocycles. The third-order valence-electron chi connectivity index (χ3n) is 3.39. The van der Waals surface area contributed by atoms with Crippen molar-refractivity contribution in [3.8, 4) is 0 Å². The quantitative estimate of drug-likeness (QED) is 0.803. The van der Waals surface area contributed by atoms with Crippen LogP contribution in [0.4, 0.5) is 0 Å².